The predicted molar refractivity (Wildman–Crippen MR) is 181 cm³/mol. The van der Waals surface area contributed by atoms with Gasteiger partial charge in [0.05, 0.1) is 5.92 Å². The van der Waals surface area contributed by atoms with Gasteiger partial charge in [-0.3, -0.25) is 14.4 Å². The fourth-order valence-electron chi connectivity index (χ4n) is 3.68. The van der Waals surface area contributed by atoms with Gasteiger partial charge in [0, 0.05) is 23.1 Å². The summed E-state index contributed by atoms with van der Waals surface area (Å²) < 4.78 is 0. The molecule has 228 valence electrons. The van der Waals surface area contributed by atoms with Crippen molar-refractivity contribution in [3.63, 3.8) is 0 Å². The van der Waals surface area contributed by atoms with E-state index < -0.39 is 0 Å². The summed E-state index contributed by atoms with van der Waals surface area (Å²) in [6.45, 7) is 19.0. The van der Waals surface area contributed by atoms with E-state index in [9.17, 15) is 14.4 Å². The first-order valence-corrected chi connectivity index (χ1v) is 15.5. The normalized spacial score (nSPS) is 9.67. The molecule has 0 spiro atoms. The van der Waals surface area contributed by atoms with Crippen LogP contribution >= 0.6 is 0 Å². The van der Waals surface area contributed by atoms with Crippen molar-refractivity contribution in [1.29, 1.82) is 0 Å². The molecule has 3 nitrogen and oxygen atoms in total. The topological polar surface area (TPSA) is 51.2 Å². The molecular formula is C39H54O3. The zero-order valence-electron chi connectivity index (χ0n) is 27.8. The lowest BCUT2D eigenvalue weighted by Crippen LogP contribution is -2.19. The monoisotopic (exact) mass is 570 g/mol. The smallest absolute Gasteiger partial charge is 0.159 e. The third-order valence-corrected chi connectivity index (χ3v) is 6.02. The van der Waals surface area contributed by atoms with E-state index in [1.807, 2.05) is 71.0 Å². The van der Waals surface area contributed by atoms with Gasteiger partial charge in [0.25, 0.3) is 0 Å². The zero-order chi connectivity index (χ0) is 32.3. The summed E-state index contributed by atoms with van der Waals surface area (Å²) >= 11 is 0. The van der Waals surface area contributed by atoms with Gasteiger partial charge in [-0.1, -0.05) is 128 Å². The summed E-state index contributed by atoms with van der Waals surface area (Å²) in [5, 5.41) is 0. The number of hydrogen-bond acceptors (Lipinski definition) is 3. The van der Waals surface area contributed by atoms with E-state index in [1.165, 1.54) is 30.9 Å². The van der Waals surface area contributed by atoms with Crippen LogP contribution in [0.15, 0.2) is 78.9 Å². The molecule has 0 fully saturated rings. The Kier molecular flexibility index (Phi) is 25.1. The second-order valence-corrected chi connectivity index (χ2v) is 9.06. The third-order valence-electron chi connectivity index (χ3n) is 6.02. The number of ketones is 3. The first-order chi connectivity index (χ1) is 20.2. The van der Waals surface area contributed by atoms with Crippen molar-refractivity contribution in [2.75, 3.05) is 0 Å². The van der Waals surface area contributed by atoms with E-state index in [0.717, 1.165) is 23.1 Å². The van der Waals surface area contributed by atoms with Crippen LogP contribution in [0.5, 0.6) is 0 Å². The van der Waals surface area contributed by atoms with E-state index in [-0.39, 0.29) is 23.3 Å². The second kappa shape index (κ2) is 26.1. The first kappa shape index (κ1) is 40.4. The van der Waals surface area contributed by atoms with Crippen LogP contribution in [0.1, 0.15) is 121 Å². The molecule has 1 atom stereocenters. The Morgan fingerprint density at radius 1 is 0.643 bits per heavy atom. The maximum absolute atomic E-state index is 11.2. The van der Waals surface area contributed by atoms with E-state index in [4.69, 9.17) is 0 Å². The van der Waals surface area contributed by atoms with Gasteiger partial charge in [-0.05, 0) is 68.5 Å². The Labute approximate surface area is 257 Å². The molecular weight excluding hydrogens is 516 g/mol. The summed E-state index contributed by atoms with van der Waals surface area (Å²) in [5.74, 6) is 6.02. The highest BCUT2D eigenvalue weighted by molar-refractivity contribution is 6.01. The lowest BCUT2D eigenvalue weighted by Gasteiger charge is -2.06. The Bertz CT molecular complexity index is 1180. The molecule has 3 heteroatoms. The number of rotatable bonds is 8. The summed E-state index contributed by atoms with van der Waals surface area (Å²) in [6.07, 6.45) is 4.60. The Hall–Kier alpha value is -3.77. The van der Waals surface area contributed by atoms with Crippen LogP contribution in [0.4, 0.5) is 0 Å². The minimum atomic E-state index is -0.343. The average Bonchev–Trinajstić information content (AvgIpc) is 3.04. The van der Waals surface area contributed by atoms with E-state index in [0.29, 0.717) is 12.8 Å². The Morgan fingerprint density at radius 2 is 1.12 bits per heavy atom. The SMILES string of the molecule is CC.CC.CCC(=O)C(CC)C(C)=O.CCCc1ccccc1.CCc1ccc(C#Cc2ccc(C(C)=O)cc2)cc1. The predicted octanol–water partition coefficient (Wildman–Crippen LogP) is 10.1. The molecule has 0 aliphatic rings. The Balaban J connectivity index is 0. The lowest BCUT2D eigenvalue weighted by atomic mass is 9.96. The van der Waals surface area contributed by atoms with Crippen molar-refractivity contribution in [1.82, 2.24) is 0 Å². The van der Waals surface area contributed by atoms with Gasteiger partial charge in [0.2, 0.25) is 0 Å². The first-order valence-electron chi connectivity index (χ1n) is 15.5. The molecule has 3 aromatic rings. The minimum Gasteiger partial charge on any atom is -0.299 e. The largest absolute Gasteiger partial charge is 0.299 e. The number of carbonyl (C=O) groups is 3. The minimum absolute atomic E-state index is 0.00523. The van der Waals surface area contributed by atoms with E-state index >= 15 is 0 Å². The number of benzene rings is 3. The second-order valence-electron chi connectivity index (χ2n) is 9.06. The Morgan fingerprint density at radius 3 is 1.45 bits per heavy atom. The number of aryl methyl sites for hydroxylation is 2. The molecule has 0 amide bonds. The molecule has 3 rings (SSSR count). The van der Waals surface area contributed by atoms with E-state index in [1.54, 1.807) is 13.8 Å². The van der Waals surface area contributed by atoms with Gasteiger partial charge in [0.15, 0.2) is 5.78 Å². The number of Topliss-reactive ketones (excluding diaryl/α,β-unsaturated/α-hetero) is 3. The van der Waals surface area contributed by atoms with Crippen molar-refractivity contribution in [3.8, 4) is 11.8 Å². The van der Waals surface area contributed by atoms with Crippen molar-refractivity contribution in [2.24, 2.45) is 5.92 Å². The highest BCUT2D eigenvalue weighted by Crippen LogP contribution is 2.08. The summed E-state index contributed by atoms with van der Waals surface area (Å²) in [6, 6.07) is 26.2. The van der Waals surface area contributed by atoms with Crippen LogP contribution in [0.25, 0.3) is 0 Å². The number of carbonyl (C=O) groups excluding carboxylic acids is 3. The van der Waals surface area contributed by atoms with Crippen molar-refractivity contribution < 1.29 is 14.4 Å². The molecule has 1 unspecified atom stereocenters. The molecule has 0 aliphatic carbocycles. The fraction of sp³-hybridized carbons (Fsp3) is 0.410. The van der Waals surface area contributed by atoms with Gasteiger partial charge in [0.1, 0.15) is 11.6 Å². The van der Waals surface area contributed by atoms with Crippen LogP contribution in [-0.4, -0.2) is 17.3 Å². The van der Waals surface area contributed by atoms with Gasteiger partial charge in [-0.15, -0.1) is 0 Å². The van der Waals surface area contributed by atoms with Crippen molar-refractivity contribution in [3.05, 3.63) is 107 Å². The molecule has 0 bridgehead atoms. The molecule has 0 aromatic heterocycles. The highest BCUT2D eigenvalue weighted by Gasteiger charge is 2.18. The summed E-state index contributed by atoms with van der Waals surface area (Å²) in [5.41, 5.74) is 5.41. The van der Waals surface area contributed by atoms with E-state index in [2.05, 4.69) is 68.2 Å². The third kappa shape index (κ3) is 17.8. The number of hydrogen-bond donors (Lipinski definition) is 0. The zero-order valence-corrected chi connectivity index (χ0v) is 27.8. The van der Waals surface area contributed by atoms with Crippen LogP contribution < -0.4 is 0 Å². The van der Waals surface area contributed by atoms with Gasteiger partial charge in [-0.2, -0.15) is 0 Å². The molecule has 0 saturated heterocycles. The van der Waals surface area contributed by atoms with Crippen molar-refractivity contribution in [2.45, 2.75) is 101 Å². The van der Waals surface area contributed by atoms with Gasteiger partial charge < -0.3 is 0 Å². The van der Waals surface area contributed by atoms with Crippen LogP contribution in [0.3, 0.4) is 0 Å². The van der Waals surface area contributed by atoms with Gasteiger partial charge in [-0.25, -0.2) is 0 Å². The molecule has 3 aromatic carbocycles. The van der Waals surface area contributed by atoms with Crippen LogP contribution in [-0.2, 0) is 22.4 Å². The molecule has 0 heterocycles. The maximum Gasteiger partial charge on any atom is 0.159 e. The van der Waals surface area contributed by atoms with Crippen LogP contribution in [0, 0.1) is 17.8 Å². The fourth-order valence-corrected chi connectivity index (χ4v) is 3.68. The maximum atomic E-state index is 11.2. The molecule has 42 heavy (non-hydrogen) atoms. The molecule has 0 saturated carbocycles. The molecule has 0 N–H and O–H groups in total. The molecule has 0 aliphatic heterocycles. The summed E-state index contributed by atoms with van der Waals surface area (Å²) in [7, 11) is 0. The molecule has 0 radical (unpaired) electrons. The highest BCUT2D eigenvalue weighted by atomic mass is 16.1. The standard InChI is InChI=1S/C18H16O.C9H12.C8H14O2.2C2H6/c1-3-15-4-6-16(7-5-15)8-9-17-10-12-18(13-11-17)14(2)19;1-2-6-9-7-4-3-5-8-9;1-4-7(6(3)9)8(10)5-2;2*1-2/h4-7,10-13H,3H2,1-2H3;3-5,7-8H,2,6H2,1H3;7H,4-5H2,1-3H3;2*1-2H3. The quantitative estimate of drug-likeness (QED) is 0.154. The van der Waals surface area contributed by atoms with Crippen molar-refractivity contribution >= 4 is 17.3 Å². The van der Waals surface area contributed by atoms with Gasteiger partial charge >= 0.3 is 0 Å². The van der Waals surface area contributed by atoms with Crippen LogP contribution in [0.2, 0.25) is 0 Å². The lowest BCUT2D eigenvalue weighted by molar-refractivity contribution is -0.131. The summed E-state index contributed by atoms with van der Waals surface area (Å²) in [4.78, 5) is 32.9. The average molecular weight is 571 g/mol.